The van der Waals surface area contributed by atoms with Crippen molar-refractivity contribution in [2.24, 2.45) is 5.92 Å². The summed E-state index contributed by atoms with van der Waals surface area (Å²) in [6.45, 7) is 8.52. The van der Waals surface area contributed by atoms with Gasteiger partial charge in [0.2, 0.25) is 0 Å². The molecule has 0 saturated carbocycles. The van der Waals surface area contributed by atoms with Gasteiger partial charge in [0.15, 0.2) is 0 Å². The van der Waals surface area contributed by atoms with Gasteiger partial charge in [-0.15, -0.1) is 0 Å². The van der Waals surface area contributed by atoms with Crippen LogP contribution in [0.3, 0.4) is 0 Å². The fourth-order valence-corrected chi connectivity index (χ4v) is 4.95. The molecule has 1 fully saturated rings. The number of halogens is 1. The lowest BCUT2D eigenvalue weighted by molar-refractivity contribution is 0.240. The second-order valence-corrected chi connectivity index (χ2v) is 8.70. The number of piperidine rings is 1. The second kappa shape index (κ2) is 8.04. The summed E-state index contributed by atoms with van der Waals surface area (Å²) in [6.07, 6.45) is 5.27. The predicted octanol–water partition coefficient (Wildman–Crippen LogP) is 4.00. The Morgan fingerprint density at radius 2 is 1.86 bits per heavy atom. The average Bonchev–Trinajstić information content (AvgIpc) is 2.97. The molecule has 150 valence electrons. The van der Waals surface area contributed by atoms with Gasteiger partial charge < -0.3 is 14.6 Å². The second-order valence-electron chi connectivity index (χ2n) is 8.27. The van der Waals surface area contributed by atoms with Crippen molar-refractivity contribution in [1.29, 1.82) is 0 Å². The molecule has 4 rings (SSSR count). The number of rotatable bonds is 4. The molecular formula is C23H27BClN3O. The van der Waals surface area contributed by atoms with Gasteiger partial charge in [-0.25, -0.2) is 4.98 Å². The number of benzene rings is 1. The number of nitrogens with zero attached hydrogens (tertiary/aromatic N) is 3. The quantitative estimate of drug-likeness (QED) is 0.665. The van der Waals surface area contributed by atoms with E-state index in [1.165, 1.54) is 16.6 Å². The summed E-state index contributed by atoms with van der Waals surface area (Å²) in [7, 11) is 6.35. The minimum absolute atomic E-state index is 0.285. The molecule has 2 aromatic heterocycles. The van der Waals surface area contributed by atoms with E-state index >= 15 is 0 Å². The maximum Gasteiger partial charge on any atom is 0.147 e. The highest BCUT2D eigenvalue weighted by Crippen LogP contribution is 2.35. The van der Waals surface area contributed by atoms with Crippen LogP contribution in [0.1, 0.15) is 36.1 Å². The van der Waals surface area contributed by atoms with E-state index < -0.39 is 0 Å². The monoisotopic (exact) mass is 407 g/mol. The molecule has 0 bridgehead atoms. The molecule has 0 unspecified atom stereocenters. The van der Waals surface area contributed by atoms with Crippen molar-refractivity contribution in [2.45, 2.75) is 40.0 Å². The Balaban J connectivity index is 1.82. The molecule has 0 spiro atoms. The molecule has 3 heterocycles. The third-order valence-electron chi connectivity index (χ3n) is 6.08. The van der Waals surface area contributed by atoms with Crippen LogP contribution in [0.15, 0.2) is 24.4 Å². The van der Waals surface area contributed by atoms with E-state index in [4.69, 9.17) is 24.4 Å². The van der Waals surface area contributed by atoms with Crippen LogP contribution in [0.4, 0.5) is 5.69 Å². The largest absolute Gasteiger partial charge is 0.396 e. The molecule has 4 nitrogen and oxygen atoms in total. The highest BCUT2D eigenvalue weighted by Gasteiger charge is 2.23. The first-order chi connectivity index (χ1) is 13.9. The number of aliphatic hydroxyl groups excluding tert-OH is 1. The van der Waals surface area contributed by atoms with Crippen LogP contribution in [0.5, 0.6) is 0 Å². The van der Waals surface area contributed by atoms with Gasteiger partial charge in [0.25, 0.3) is 0 Å². The van der Waals surface area contributed by atoms with Crippen molar-refractivity contribution in [3.05, 3.63) is 46.2 Å². The smallest absolute Gasteiger partial charge is 0.147 e. The normalized spacial score (nSPS) is 15.4. The van der Waals surface area contributed by atoms with Crippen LogP contribution in [0.25, 0.3) is 16.7 Å². The lowest BCUT2D eigenvalue weighted by Crippen LogP contribution is -2.34. The Kier molecular flexibility index (Phi) is 5.63. The highest BCUT2D eigenvalue weighted by atomic mass is 35.5. The zero-order valence-corrected chi connectivity index (χ0v) is 18.1. The predicted molar refractivity (Wildman–Crippen MR) is 122 cm³/mol. The molecule has 0 amide bonds. The van der Waals surface area contributed by atoms with E-state index in [1.807, 2.05) is 19.9 Å². The van der Waals surface area contributed by atoms with Gasteiger partial charge in [0.1, 0.15) is 13.5 Å². The Morgan fingerprint density at radius 1 is 1.14 bits per heavy atom. The lowest BCUT2D eigenvalue weighted by Gasteiger charge is -2.34. The van der Waals surface area contributed by atoms with Gasteiger partial charge in [-0.3, -0.25) is 0 Å². The number of fused-ring (bicyclic) bond motifs is 1. The summed E-state index contributed by atoms with van der Waals surface area (Å²) in [5, 5.41) is 11.1. The maximum atomic E-state index is 9.25. The van der Waals surface area contributed by atoms with Gasteiger partial charge in [0, 0.05) is 53.4 Å². The molecule has 1 aliphatic rings. The van der Waals surface area contributed by atoms with Crippen molar-refractivity contribution in [3.8, 4) is 5.69 Å². The van der Waals surface area contributed by atoms with Crippen molar-refractivity contribution < 1.29 is 5.11 Å². The summed E-state index contributed by atoms with van der Waals surface area (Å²) in [5.41, 5.74) is 6.99. The molecule has 1 aromatic carbocycles. The number of aryl methyl sites for hydroxylation is 3. The summed E-state index contributed by atoms with van der Waals surface area (Å²) < 4.78 is 2.11. The first-order valence-corrected chi connectivity index (χ1v) is 10.7. The van der Waals surface area contributed by atoms with Crippen molar-refractivity contribution in [3.63, 3.8) is 0 Å². The average molecular weight is 408 g/mol. The fraction of sp³-hybridized carbons (Fsp3) is 0.435. The van der Waals surface area contributed by atoms with Gasteiger partial charge in [0.05, 0.1) is 0 Å². The third-order valence-corrected chi connectivity index (χ3v) is 6.30. The van der Waals surface area contributed by atoms with Crippen molar-refractivity contribution in [2.75, 3.05) is 24.6 Å². The zero-order valence-electron chi connectivity index (χ0n) is 17.4. The van der Waals surface area contributed by atoms with Gasteiger partial charge in [-0.2, -0.15) is 0 Å². The number of anilines is 1. The van der Waals surface area contributed by atoms with E-state index in [0.29, 0.717) is 16.4 Å². The van der Waals surface area contributed by atoms with Crippen LogP contribution in [0.2, 0.25) is 5.02 Å². The number of hydrogen-bond acceptors (Lipinski definition) is 3. The molecule has 1 saturated heterocycles. The van der Waals surface area contributed by atoms with Gasteiger partial charge in [-0.1, -0.05) is 17.1 Å². The highest BCUT2D eigenvalue weighted by molar-refractivity contribution is 6.38. The maximum absolute atomic E-state index is 9.25. The Morgan fingerprint density at radius 3 is 2.52 bits per heavy atom. The summed E-state index contributed by atoms with van der Waals surface area (Å²) in [4.78, 5) is 7.36. The minimum atomic E-state index is 0.285. The molecule has 1 aliphatic heterocycles. The standard InChI is InChI=1S/C23H27BClN3O/c1-14-10-18(25)12-19(24)22(14)28-13-15(2)21-20(11-16(3)26-23(21)28)27-7-4-17(5-8-27)6-9-29/h10-13,17,29H,4-9H2,1-3H3. The molecule has 6 heteroatoms. The molecule has 0 atom stereocenters. The van der Waals surface area contributed by atoms with Crippen molar-refractivity contribution in [1.82, 2.24) is 9.55 Å². The third kappa shape index (κ3) is 3.78. The Labute approximate surface area is 178 Å². The fourth-order valence-electron chi connectivity index (χ4n) is 4.67. The number of hydrogen-bond donors (Lipinski definition) is 1. The van der Waals surface area contributed by atoms with Crippen molar-refractivity contribution >= 4 is 41.6 Å². The number of aliphatic hydroxyl groups is 1. The van der Waals surface area contributed by atoms with Gasteiger partial charge in [-0.05, 0) is 75.3 Å². The molecule has 0 aliphatic carbocycles. The van der Waals surface area contributed by atoms with Crippen LogP contribution in [-0.4, -0.2) is 42.2 Å². The lowest BCUT2D eigenvalue weighted by atomic mass is 9.91. The molecule has 2 radical (unpaired) electrons. The van der Waals surface area contributed by atoms with E-state index in [2.05, 4.69) is 28.7 Å². The molecule has 1 N–H and O–H groups in total. The van der Waals surface area contributed by atoms with Crippen LogP contribution >= 0.6 is 11.6 Å². The SMILES string of the molecule is [B]c1cc(Cl)cc(C)c1-n1cc(C)c2c(N3CCC(CCO)CC3)cc(C)nc21. The van der Waals surface area contributed by atoms with E-state index in [9.17, 15) is 5.11 Å². The van der Waals surface area contributed by atoms with Crippen LogP contribution in [-0.2, 0) is 0 Å². The van der Waals surface area contributed by atoms with Gasteiger partial charge >= 0.3 is 0 Å². The molecule has 3 aromatic rings. The Bertz CT molecular complexity index is 1030. The first-order valence-electron chi connectivity index (χ1n) is 10.3. The topological polar surface area (TPSA) is 41.3 Å². The van der Waals surface area contributed by atoms with E-state index in [0.717, 1.165) is 54.9 Å². The summed E-state index contributed by atoms with van der Waals surface area (Å²) >= 11 is 6.19. The summed E-state index contributed by atoms with van der Waals surface area (Å²) in [5.74, 6) is 0.622. The first kappa shape index (κ1) is 20.3. The van der Waals surface area contributed by atoms with E-state index in [-0.39, 0.29) is 6.61 Å². The minimum Gasteiger partial charge on any atom is -0.396 e. The number of aromatic nitrogens is 2. The summed E-state index contributed by atoms with van der Waals surface area (Å²) in [6, 6.07) is 5.94. The Hall–Kier alpha value is -1.98. The van der Waals surface area contributed by atoms with Crippen LogP contribution in [0, 0.1) is 26.7 Å². The zero-order chi connectivity index (χ0) is 20.7. The molecule has 29 heavy (non-hydrogen) atoms. The number of pyridine rings is 1. The molecular weight excluding hydrogens is 381 g/mol. The van der Waals surface area contributed by atoms with Crippen LogP contribution < -0.4 is 10.4 Å². The van der Waals surface area contributed by atoms with E-state index in [1.54, 1.807) is 6.07 Å².